The predicted octanol–water partition coefficient (Wildman–Crippen LogP) is 1.34. The van der Waals surface area contributed by atoms with Crippen molar-refractivity contribution in [3.63, 3.8) is 0 Å². The fourth-order valence-electron chi connectivity index (χ4n) is 1.97. The molecule has 1 fully saturated rings. The molecule has 1 aliphatic rings. The maximum absolute atomic E-state index is 13.3. The molecular weight excluding hydrogens is 256 g/mol. The highest BCUT2D eigenvalue weighted by molar-refractivity contribution is 5.89. The summed E-state index contributed by atoms with van der Waals surface area (Å²) in [5, 5.41) is 11.2. The van der Waals surface area contributed by atoms with Gasteiger partial charge in [0.15, 0.2) is 0 Å². The molecule has 0 aromatic heterocycles. The first kappa shape index (κ1) is 13.5. The van der Waals surface area contributed by atoms with Gasteiger partial charge in [-0.05, 0) is 25.0 Å². The first-order valence-corrected chi connectivity index (χ1v) is 5.94. The van der Waals surface area contributed by atoms with Gasteiger partial charge in [-0.15, -0.1) is 0 Å². The summed E-state index contributed by atoms with van der Waals surface area (Å²) in [5.41, 5.74) is -0.0756. The van der Waals surface area contributed by atoms with Crippen LogP contribution in [-0.2, 0) is 16.0 Å². The van der Waals surface area contributed by atoms with Gasteiger partial charge in [0.2, 0.25) is 5.91 Å². The molecule has 102 valence electrons. The van der Waals surface area contributed by atoms with Gasteiger partial charge < -0.3 is 10.4 Å². The molecule has 0 radical (unpaired) electrons. The average Bonchev–Trinajstić information content (AvgIpc) is 3.13. The third-order valence-electron chi connectivity index (χ3n) is 3.18. The lowest BCUT2D eigenvalue weighted by Crippen LogP contribution is -2.28. The normalized spacial score (nSPS) is 20.9. The molecule has 1 aromatic carbocycles. The molecule has 0 aliphatic heterocycles. The Kier molecular flexibility index (Phi) is 3.78. The number of carboxylic acids is 1. The zero-order valence-electron chi connectivity index (χ0n) is 10.0. The summed E-state index contributed by atoms with van der Waals surface area (Å²) in [6.07, 6.45) is 0.365. The quantitative estimate of drug-likeness (QED) is 0.847. The smallest absolute Gasteiger partial charge is 0.307 e. The fraction of sp³-hybridized carbons (Fsp3) is 0.385. The van der Waals surface area contributed by atoms with E-state index in [-0.39, 0.29) is 24.4 Å². The van der Waals surface area contributed by atoms with Crippen LogP contribution in [0.4, 0.5) is 8.78 Å². The highest BCUT2D eigenvalue weighted by Gasteiger charge is 2.48. The minimum atomic E-state index is -0.986. The standard InChI is InChI=1S/C13H13F2NO3/c14-10-2-1-3-11(15)7(10)4-5-16-12(17)8-6-9(8)13(18)19/h1-3,8-9H,4-6H2,(H,16,17)(H,18,19)/t8-,9+/m0/s1. The summed E-state index contributed by atoms with van der Waals surface area (Å²) in [6, 6.07) is 3.58. The molecule has 1 saturated carbocycles. The van der Waals surface area contributed by atoms with Crippen LogP contribution in [0.2, 0.25) is 0 Å². The third-order valence-corrected chi connectivity index (χ3v) is 3.18. The van der Waals surface area contributed by atoms with E-state index in [0.717, 1.165) is 12.1 Å². The van der Waals surface area contributed by atoms with E-state index < -0.39 is 29.4 Å². The second-order valence-corrected chi connectivity index (χ2v) is 4.53. The first-order chi connectivity index (χ1) is 9.00. The zero-order valence-corrected chi connectivity index (χ0v) is 10.0. The van der Waals surface area contributed by atoms with Gasteiger partial charge in [-0.3, -0.25) is 9.59 Å². The van der Waals surface area contributed by atoms with Gasteiger partial charge in [0, 0.05) is 12.1 Å². The SMILES string of the molecule is O=C(NCCc1c(F)cccc1F)[C@H]1C[C@H]1C(=O)O. The number of carbonyl (C=O) groups excluding carboxylic acids is 1. The number of rotatable bonds is 5. The maximum Gasteiger partial charge on any atom is 0.307 e. The van der Waals surface area contributed by atoms with E-state index in [0.29, 0.717) is 6.42 Å². The summed E-state index contributed by atoms with van der Waals surface area (Å²) >= 11 is 0. The van der Waals surface area contributed by atoms with Gasteiger partial charge in [-0.25, -0.2) is 8.78 Å². The van der Waals surface area contributed by atoms with Gasteiger partial charge in [-0.1, -0.05) is 6.07 Å². The predicted molar refractivity (Wildman–Crippen MR) is 62.3 cm³/mol. The molecule has 1 aromatic rings. The third kappa shape index (κ3) is 3.07. The van der Waals surface area contributed by atoms with E-state index in [4.69, 9.17) is 5.11 Å². The number of nitrogens with one attached hydrogen (secondary N) is 1. The van der Waals surface area contributed by atoms with Crippen LogP contribution in [0.15, 0.2) is 18.2 Å². The summed E-state index contributed by atoms with van der Waals surface area (Å²) in [6.45, 7) is 0.0829. The summed E-state index contributed by atoms with van der Waals surface area (Å²) in [5.74, 6) is -3.79. The van der Waals surface area contributed by atoms with Crippen molar-refractivity contribution >= 4 is 11.9 Å². The minimum absolute atomic E-state index is 0.0364. The van der Waals surface area contributed by atoms with Crippen LogP contribution in [0, 0.1) is 23.5 Å². The molecule has 0 bridgehead atoms. The Balaban J connectivity index is 1.81. The van der Waals surface area contributed by atoms with Crippen molar-refractivity contribution in [1.29, 1.82) is 0 Å². The number of halogens is 2. The van der Waals surface area contributed by atoms with Crippen LogP contribution < -0.4 is 5.32 Å². The van der Waals surface area contributed by atoms with Crippen LogP contribution in [0.3, 0.4) is 0 Å². The molecule has 2 atom stereocenters. The number of benzene rings is 1. The molecule has 0 spiro atoms. The van der Waals surface area contributed by atoms with E-state index in [1.54, 1.807) is 0 Å². The van der Waals surface area contributed by atoms with Crippen molar-refractivity contribution in [3.05, 3.63) is 35.4 Å². The molecular formula is C13H13F2NO3. The van der Waals surface area contributed by atoms with Gasteiger partial charge in [0.1, 0.15) is 11.6 Å². The number of hydrogen-bond donors (Lipinski definition) is 2. The Morgan fingerprint density at radius 3 is 2.42 bits per heavy atom. The molecule has 1 aliphatic carbocycles. The highest BCUT2D eigenvalue weighted by atomic mass is 19.1. The summed E-state index contributed by atoms with van der Waals surface area (Å²) in [4.78, 5) is 22.1. The van der Waals surface area contributed by atoms with Crippen molar-refractivity contribution in [2.45, 2.75) is 12.8 Å². The summed E-state index contributed by atoms with van der Waals surface area (Å²) in [7, 11) is 0. The van der Waals surface area contributed by atoms with Crippen LogP contribution in [-0.4, -0.2) is 23.5 Å². The largest absolute Gasteiger partial charge is 0.481 e. The van der Waals surface area contributed by atoms with Crippen molar-refractivity contribution in [1.82, 2.24) is 5.32 Å². The second kappa shape index (κ2) is 5.34. The lowest BCUT2D eigenvalue weighted by atomic mass is 10.1. The Labute approximate surface area is 108 Å². The number of hydrogen-bond acceptors (Lipinski definition) is 2. The van der Waals surface area contributed by atoms with Crippen LogP contribution in [0.1, 0.15) is 12.0 Å². The Morgan fingerprint density at radius 2 is 1.89 bits per heavy atom. The maximum atomic E-state index is 13.3. The monoisotopic (exact) mass is 269 g/mol. The lowest BCUT2D eigenvalue weighted by molar-refractivity contribution is -0.140. The van der Waals surface area contributed by atoms with Crippen molar-refractivity contribution in [2.24, 2.45) is 11.8 Å². The van der Waals surface area contributed by atoms with E-state index in [1.165, 1.54) is 6.07 Å². The van der Waals surface area contributed by atoms with Crippen molar-refractivity contribution in [3.8, 4) is 0 Å². The topological polar surface area (TPSA) is 66.4 Å². The Hall–Kier alpha value is -1.98. The molecule has 2 rings (SSSR count). The second-order valence-electron chi connectivity index (χ2n) is 4.53. The molecule has 1 amide bonds. The van der Waals surface area contributed by atoms with Crippen LogP contribution in [0.5, 0.6) is 0 Å². The fourth-order valence-corrected chi connectivity index (χ4v) is 1.97. The van der Waals surface area contributed by atoms with E-state index in [2.05, 4.69) is 5.32 Å². The van der Waals surface area contributed by atoms with Gasteiger partial charge in [-0.2, -0.15) is 0 Å². The first-order valence-electron chi connectivity index (χ1n) is 5.94. The molecule has 0 heterocycles. The van der Waals surface area contributed by atoms with E-state index in [1.807, 2.05) is 0 Å². The zero-order chi connectivity index (χ0) is 14.0. The van der Waals surface area contributed by atoms with Crippen LogP contribution in [0.25, 0.3) is 0 Å². The van der Waals surface area contributed by atoms with E-state index >= 15 is 0 Å². The molecule has 6 heteroatoms. The average molecular weight is 269 g/mol. The lowest BCUT2D eigenvalue weighted by Gasteiger charge is -2.06. The Bertz CT molecular complexity index is 498. The number of carbonyl (C=O) groups is 2. The molecule has 0 unspecified atom stereocenters. The number of carboxylic acid groups (broad SMARTS) is 1. The van der Waals surface area contributed by atoms with Crippen molar-refractivity contribution in [2.75, 3.05) is 6.54 Å². The summed E-state index contributed by atoms with van der Waals surface area (Å²) < 4.78 is 26.6. The molecule has 2 N–H and O–H groups in total. The van der Waals surface area contributed by atoms with E-state index in [9.17, 15) is 18.4 Å². The van der Waals surface area contributed by atoms with Gasteiger partial charge >= 0.3 is 5.97 Å². The molecule has 0 saturated heterocycles. The molecule has 4 nitrogen and oxygen atoms in total. The van der Waals surface area contributed by atoms with Crippen molar-refractivity contribution < 1.29 is 23.5 Å². The Morgan fingerprint density at radius 1 is 1.26 bits per heavy atom. The highest BCUT2D eigenvalue weighted by Crippen LogP contribution is 2.38. The molecule has 19 heavy (non-hydrogen) atoms. The number of aliphatic carboxylic acids is 1. The van der Waals surface area contributed by atoms with Gasteiger partial charge in [0.05, 0.1) is 11.8 Å². The van der Waals surface area contributed by atoms with Crippen LogP contribution >= 0.6 is 0 Å². The number of amides is 1. The minimum Gasteiger partial charge on any atom is -0.481 e. The van der Waals surface area contributed by atoms with Gasteiger partial charge in [0.25, 0.3) is 0 Å².